The highest BCUT2D eigenvalue weighted by atomic mass is 16.5. The van der Waals surface area contributed by atoms with Crippen LogP contribution in [0.1, 0.15) is 44.1 Å². The molecular weight excluding hydrogens is 432 g/mol. The molecule has 3 rings (SSSR count). The topological polar surface area (TPSA) is 85.7 Å². The van der Waals surface area contributed by atoms with Crippen molar-refractivity contribution in [2.75, 3.05) is 27.8 Å². The average molecular weight is 467 g/mol. The van der Waals surface area contributed by atoms with E-state index in [2.05, 4.69) is 12.2 Å². The van der Waals surface area contributed by atoms with Gasteiger partial charge in [0, 0.05) is 13.6 Å². The molecule has 0 fully saturated rings. The van der Waals surface area contributed by atoms with Crippen LogP contribution in [0.25, 0.3) is 11.0 Å². The van der Waals surface area contributed by atoms with E-state index in [0.717, 1.165) is 36.0 Å². The van der Waals surface area contributed by atoms with E-state index in [-0.39, 0.29) is 30.8 Å². The second-order valence-electron chi connectivity index (χ2n) is 8.37. The number of amides is 2. The van der Waals surface area contributed by atoms with Gasteiger partial charge in [-0.15, -0.1) is 0 Å². The van der Waals surface area contributed by atoms with Gasteiger partial charge in [-0.2, -0.15) is 0 Å². The summed E-state index contributed by atoms with van der Waals surface area (Å²) < 4.78 is 12.5. The zero-order valence-corrected chi connectivity index (χ0v) is 20.6. The number of methoxy groups -OCH3 is 2. The molecule has 0 bridgehead atoms. The summed E-state index contributed by atoms with van der Waals surface area (Å²) in [7, 11) is 4.96. The van der Waals surface area contributed by atoms with E-state index in [1.54, 1.807) is 31.3 Å². The number of nitrogens with zero attached hydrogens (tertiary/aromatic N) is 3. The van der Waals surface area contributed by atoms with E-state index in [9.17, 15) is 9.59 Å². The maximum absolute atomic E-state index is 12.9. The fourth-order valence-electron chi connectivity index (χ4n) is 3.90. The van der Waals surface area contributed by atoms with Gasteiger partial charge in [-0.25, -0.2) is 4.98 Å². The van der Waals surface area contributed by atoms with Gasteiger partial charge in [0.2, 0.25) is 11.8 Å². The van der Waals surface area contributed by atoms with Gasteiger partial charge in [-0.05, 0) is 43.2 Å². The number of fused-ring (bicyclic) bond motifs is 1. The fraction of sp³-hybridized carbons (Fsp3) is 0.423. The van der Waals surface area contributed by atoms with Crippen LogP contribution in [-0.4, -0.2) is 54.1 Å². The number of unbranched alkanes of at least 4 members (excludes halogenated alkanes) is 1. The Morgan fingerprint density at radius 3 is 2.56 bits per heavy atom. The fourth-order valence-corrected chi connectivity index (χ4v) is 3.90. The van der Waals surface area contributed by atoms with Gasteiger partial charge in [0.05, 0.1) is 37.7 Å². The van der Waals surface area contributed by atoms with Crippen LogP contribution >= 0.6 is 0 Å². The van der Waals surface area contributed by atoms with Crippen LogP contribution in [0.15, 0.2) is 42.5 Å². The Bertz CT molecular complexity index is 1140. The molecule has 1 N–H and O–H groups in total. The van der Waals surface area contributed by atoms with Gasteiger partial charge >= 0.3 is 0 Å². The van der Waals surface area contributed by atoms with E-state index in [1.165, 1.54) is 0 Å². The van der Waals surface area contributed by atoms with Crippen molar-refractivity contribution >= 4 is 22.8 Å². The smallest absolute Gasteiger partial charge is 0.242 e. The third kappa shape index (κ3) is 5.87. The third-order valence-electron chi connectivity index (χ3n) is 5.83. The van der Waals surface area contributed by atoms with Gasteiger partial charge in [0.1, 0.15) is 12.4 Å². The maximum Gasteiger partial charge on any atom is 0.242 e. The molecular formula is C26H34N4O4. The third-order valence-corrected chi connectivity index (χ3v) is 5.83. The quantitative estimate of drug-likeness (QED) is 0.465. The van der Waals surface area contributed by atoms with E-state index in [4.69, 9.17) is 14.5 Å². The molecule has 0 saturated carbocycles. The molecule has 0 aliphatic rings. The lowest BCUT2D eigenvalue weighted by Crippen LogP contribution is -2.33. The minimum Gasteiger partial charge on any atom is -0.493 e. The second-order valence-corrected chi connectivity index (χ2v) is 8.37. The molecule has 2 amide bonds. The number of hydrogen-bond acceptors (Lipinski definition) is 5. The van der Waals surface area contributed by atoms with Gasteiger partial charge in [-0.1, -0.05) is 31.5 Å². The molecule has 0 aliphatic heterocycles. The van der Waals surface area contributed by atoms with Crippen LogP contribution in [0.3, 0.4) is 0 Å². The number of para-hydroxylation sites is 2. The Hall–Kier alpha value is -3.55. The van der Waals surface area contributed by atoms with E-state index < -0.39 is 0 Å². The number of hydrogen-bond donors (Lipinski definition) is 1. The first-order valence-electron chi connectivity index (χ1n) is 11.6. The predicted octanol–water partition coefficient (Wildman–Crippen LogP) is 3.73. The Labute approximate surface area is 200 Å². The van der Waals surface area contributed by atoms with Crippen LogP contribution < -0.4 is 14.8 Å². The lowest BCUT2D eigenvalue weighted by atomic mass is 10.1. The molecule has 1 aromatic heterocycles. The van der Waals surface area contributed by atoms with Crippen LogP contribution in [-0.2, 0) is 22.6 Å². The molecule has 0 spiro atoms. The maximum atomic E-state index is 12.9. The zero-order valence-electron chi connectivity index (χ0n) is 20.6. The summed E-state index contributed by atoms with van der Waals surface area (Å²) in [5, 5.41) is 3.03. The monoisotopic (exact) mass is 466 g/mol. The SMILES string of the molecule is CCCCN(C)C(=O)Cn1c(C(C)NC(=O)Cc2ccc(OC)c(OC)c2)nc2ccccc21. The molecule has 8 heteroatoms. The van der Waals surface area contributed by atoms with Crippen molar-refractivity contribution < 1.29 is 19.1 Å². The number of carbonyl (C=O) groups excluding carboxylic acids is 2. The predicted molar refractivity (Wildman–Crippen MR) is 132 cm³/mol. The first-order chi connectivity index (χ1) is 16.4. The van der Waals surface area contributed by atoms with Crippen molar-refractivity contribution in [3.63, 3.8) is 0 Å². The molecule has 0 aliphatic carbocycles. The molecule has 0 radical (unpaired) electrons. The van der Waals surface area contributed by atoms with E-state index in [1.807, 2.05) is 48.9 Å². The Morgan fingerprint density at radius 1 is 1.12 bits per heavy atom. The van der Waals surface area contributed by atoms with Gasteiger partial charge < -0.3 is 24.3 Å². The summed E-state index contributed by atoms with van der Waals surface area (Å²) in [5.74, 6) is 1.71. The van der Waals surface area contributed by atoms with Crippen molar-refractivity contribution in [3.05, 3.63) is 53.9 Å². The minimum absolute atomic E-state index is 0.0155. The van der Waals surface area contributed by atoms with Crippen LogP contribution in [0.5, 0.6) is 11.5 Å². The average Bonchev–Trinajstić information content (AvgIpc) is 3.20. The lowest BCUT2D eigenvalue weighted by Gasteiger charge is -2.20. The largest absolute Gasteiger partial charge is 0.493 e. The first-order valence-corrected chi connectivity index (χ1v) is 11.6. The van der Waals surface area contributed by atoms with Crippen molar-refractivity contribution in [3.8, 4) is 11.5 Å². The molecule has 0 saturated heterocycles. The Kier molecular flexibility index (Phi) is 8.51. The summed E-state index contributed by atoms with van der Waals surface area (Å²) in [6, 6.07) is 12.7. The molecule has 182 valence electrons. The van der Waals surface area contributed by atoms with Crippen LogP contribution in [0, 0.1) is 0 Å². The highest BCUT2D eigenvalue weighted by Gasteiger charge is 2.21. The summed E-state index contributed by atoms with van der Waals surface area (Å²) in [6.07, 6.45) is 2.17. The number of aromatic nitrogens is 2. The molecule has 34 heavy (non-hydrogen) atoms. The summed E-state index contributed by atoms with van der Waals surface area (Å²) >= 11 is 0. The molecule has 1 heterocycles. The number of rotatable bonds is 11. The second kappa shape index (κ2) is 11.5. The van der Waals surface area contributed by atoms with Crippen LogP contribution in [0.4, 0.5) is 0 Å². The molecule has 1 unspecified atom stereocenters. The molecule has 1 atom stereocenters. The van der Waals surface area contributed by atoms with Crippen molar-refractivity contribution in [2.45, 2.75) is 45.7 Å². The highest BCUT2D eigenvalue weighted by Crippen LogP contribution is 2.28. The number of nitrogens with one attached hydrogen (secondary N) is 1. The Morgan fingerprint density at radius 2 is 1.85 bits per heavy atom. The number of imidazole rings is 1. The standard InChI is InChI=1S/C26H34N4O4/c1-6-7-14-29(3)25(32)17-30-21-11-9-8-10-20(21)28-26(30)18(2)27-24(31)16-19-12-13-22(33-4)23(15-19)34-5/h8-13,15,18H,6-7,14,16-17H2,1-5H3,(H,27,31). The number of carbonyl (C=O) groups is 2. The zero-order chi connectivity index (χ0) is 24.7. The van der Waals surface area contributed by atoms with Crippen molar-refractivity contribution in [2.24, 2.45) is 0 Å². The lowest BCUT2D eigenvalue weighted by molar-refractivity contribution is -0.130. The number of likely N-dealkylation sites (N-methyl/N-ethyl adjacent to an activating group) is 1. The van der Waals surface area contributed by atoms with E-state index in [0.29, 0.717) is 17.3 Å². The van der Waals surface area contributed by atoms with Crippen molar-refractivity contribution in [1.82, 2.24) is 19.8 Å². The highest BCUT2D eigenvalue weighted by molar-refractivity contribution is 5.82. The molecule has 2 aromatic carbocycles. The summed E-state index contributed by atoms with van der Waals surface area (Å²) in [4.78, 5) is 32.2. The van der Waals surface area contributed by atoms with Gasteiger partial charge in [-0.3, -0.25) is 9.59 Å². The molecule has 8 nitrogen and oxygen atoms in total. The van der Waals surface area contributed by atoms with E-state index >= 15 is 0 Å². The van der Waals surface area contributed by atoms with Crippen LogP contribution in [0.2, 0.25) is 0 Å². The van der Waals surface area contributed by atoms with Gasteiger partial charge in [0.25, 0.3) is 0 Å². The summed E-state index contributed by atoms with van der Waals surface area (Å²) in [5.41, 5.74) is 2.47. The normalized spacial score (nSPS) is 11.8. The van der Waals surface area contributed by atoms with Gasteiger partial charge in [0.15, 0.2) is 11.5 Å². The number of ether oxygens (including phenoxy) is 2. The van der Waals surface area contributed by atoms with Crippen molar-refractivity contribution in [1.29, 1.82) is 0 Å². The first kappa shape index (κ1) is 25.1. The molecule has 3 aromatic rings. The summed E-state index contributed by atoms with van der Waals surface area (Å²) in [6.45, 7) is 4.88. The minimum atomic E-state index is -0.381. The Balaban J connectivity index is 1.78. The number of benzene rings is 2.